The summed E-state index contributed by atoms with van der Waals surface area (Å²) in [7, 11) is 0. The minimum atomic E-state index is -0.974. The number of hydrogen-bond donors (Lipinski definition) is 3. The maximum absolute atomic E-state index is 10.4. The SMILES string of the molecule is CCCCC/C=C\C/C=C/C=C/C=C/[C@@H](O)[C@@H](O)CCCC(=O)O. The van der Waals surface area contributed by atoms with Crippen LogP contribution in [0.3, 0.4) is 0 Å². The topological polar surface area (TPSA) is 77.8 Å². The van der Waals surface area contributed by atoms with E-state index in [1.807, 2.05) is 12.2 Å². The van der Waals surface area contributed by atoms with Gasteiger partial charge in [-0.3, -0.25) is 4.79 Å². The van der Waals surface area contributed by atoms with Gasteiger partial charge in [-0.2, -0.15) is 0 Å². The molecule has 0 aromatic carbocycles. The van der Waals surface area contributed by atoms with Crippen LogP contribution in [-0.4, -0.2) is 33.5 Å². The van der Waals surface area contributed by atoms with Crippen LogP contribution in [0.25, 0.3) is 0 Å². The van der Waals surface area contributed by atoms with Crippen molar-refractivity contribution in [1.82, 2.24) is 0 Å². The molecule has 4 heteroatoms. The van der Waals surface area contributed by atoms with Crippen molar-refractivity contribution in [3.05, 3.63) is 48.6 Å². The molecular formula is C20H32O4. The van der Waals surface area contributed by atoms with Gasteiger partial charge in [0, 0.05) is 6.42 Å². The molecule has 4 nitrogen and oxygen atoms in total. The van der Waals surface area contributed by atoms with Crippen molar-refractivity contribution in [2.45, 2.75) is 70.5 Å². The van der Waals surface area contributed by atoms with E-state index in [0.717, 1.165) is 12.8 Å². The van der Waals surface area contributed by atoms with Gasteiger partial charge in [-0.1, -0.05) is 68.4 Å². The highest BCUT2D eigenvalue weighted by atomic mass is 16.4. The van der Waals surface area contributed by atoms with Crippen LogP contribution in [0.4, 0.5) is 0 Å². The third-order valence-corrected chi connectivity index (χ3v) is 3.48. The van der Waals surface area contributed by atoms with Crippen LogP contribution >= 0.6 is 0 Å². The molecule has 24 heavy (non-hydrogen) atoms. The van der Waals surface area contributed by atoms with Gasteiger partial charge in [0.1, 0.15) is 0 Å². The Morgan fingerprint density at radius 2 is 1.71 bits per heavy atom. The molecule has 3 N–H and O–H groups in total. The van der Waals surface area contributed by atoms with Crippen molar-refractivity contribution >= 4 is 5.97 Å². The molecule has 0 saturated heterocycles. The van der Waals surface area contributed by atoms with Gasteiger partial charge in [0.15, 0.2) is 0 Å². The highest BCUT2D eigenvalue weighted by Gasteiger charge is 2.12. The summed E-state index contributed by atoms with van der Waals surface area (Å²) >= 11 is 0. The molecule has 0 spiro atoms. The van der Waals surface area contributed by atoms with Gasteiger partial charge in [-0.15, -0.1) is 0 Å². The summed E-state index contributed by atoms with van der Waals surface area (Å²) in [5.74, 6) is -0.891. The molecule has 0 heterocycles. The highest BCUT2D eigenvalue weighted by Crippen LogP contribution is 2.06. The van der Waals surface area contributed by atoms with Crippen LogP contribution < -0.4 is 0 Å². The normalized spacial score (nSPS) is 15.1. The monoisotopic (exact) mass is 336 g/mol. The van der Waals surface area contributed by atoms with Gasteiger partial charge in [-0.05, 0) is 32.1 Å². The number of aliphatic hydroxyl groups is 2. The molecule has 0 aliphatic heterocycles. The van der Waals surface area contributed by atoms with Crippen LogP contribution in [-0.2, 0) is 4.79 Å². The van der Waals surface area contributed by atoms with Crippen LogP contribution in [0.2, 0.25) is 0 Å². The number of hydrogen-bond acceptors (Lipinski definition) is 3. The second-order valence-electron chi connectivity index (χ2n) is 5.74. The van der Waals surface area contributed by atoms with Gasteiger partial charge >= 0.3 is 5.97 Å². The summed E-state index contributed by atoms with van der Waals surface area (Å²) in [6.07, 6.45) is 19.8. The first-order chi connectivity index (χ1) is 11.6. The van der Waals surface area contributed by atoms with Crippen LogP contribution in [0, 0.1) is 0 Å². The van der Waals surface area contributed by atoms with Crippen molar-refractivity contribution in [2.75, 3.05) is 0 Å². The standard InChI is InChI=1S/C20H32O4/c1-2-3-4-5-6-7-8-9-10-11-12-13-15-18(21)19(22)16-14-17-20(23)24/h6-7,9-13,15,18-19,21-22H,2-5,8,14,16-17H2,1H3,(H,23,24)/b7-6-,10-9+,12-11+,15-13+/t18-,19+/m1/s1. The van der Waals surface area contributed by atoms with E-state index in [-0.39, 0.29) is 12.8 Å². The zero-order chi connectivity index (χ0) is 18.0. The Kier molecular flexibility index (Phi) is 15.1. The Bertz CT molecular complexity index is 421. The quantitative estimate of drug-likeness (QED) is 0.253. The molecule has 0 bridgehead atoms. The van der Waals surface area contributed by atoms with E-state index in [0.29, 0.717) is 6.42 Å². The van der Waals surface area contributed by atoms with Crippen molar-refractivity contribution in [3.8, 4) is 0 Å². The van der Waals surface area contributed by atoms with Gasteiger partial charge in [-0.25, -0.2) is 0 Å². The first kappa shape index (κ1) is 22.4. The molecule has 0 fully saturated rings. The number of carbonyl (C=O) groups is 1. The molecule has 0 aromatic rings. The van der Waals surface area contributed by atoms with E-state index in [2.05, 4.69) is 25.2 Å². The highest BCUT2D eigenvalue weighted by molar-refractivity contribution is 5.66. The van der Waals surface area contributed by atoms with E-state index in [1.54, 1.807) is 12.2 Å². The molecule has 0 unspecified atom stereocenters. The van der Waals surface area contributed by atoms with E-state index in [4.69, 9.17) is 5.11 Å². The summed E-state index contributed by atoms with van der Waals surface area (Å²) < 4.78 is 0. The molecule has 0 aliphatic rings. The fourth-order valence-corrected chi connectivity index (χ4v) is 2.03. The number of unbranched alkanes of at least 4 members (excludes halogenated alkanes) is 3. The predicted octanol–water partition coefficient (Wildman–Crippen LogP) is 4.16. The van der Waals surface area contributed by atoms with E-state index in [1.165, 1.54) is 25.3 Å². The largest absolute Gasteiger partial charge is 0.481 e. The average molecular weight is 336 g/mol. The third kappa shape index (κ3) is 15.3. The molecule has 0 amide bonds. The molecule has 0 radical (unpaired) electrons. The molecule has 0 aliphatic carbocycles. The summed E-state index contributed by atoms with van der Waals surface area (Å²) in [6, 6.07) is 0. The van der Waals surface area contributed by atoms with Gasteiger partial charge < -0.3 is 15.3 Å². The Morgan fingerprint density at radius 3 is 2.42 bits per heavy atom. The predicted molar refractivity (Wildman–Crippen MR) is 98.8 cm³/mol. The molecule has 2 atom stereocenters. The number of rotatable bonds is 14. The summed E-state index contributed by atoms with van der Waals surface area (Å²) in [5.41, 5.74) is 0. The van der Waals surface area contributed by atoms with Crippen molar-refractivity contribution in [3.63, 3.8) is 0 Å². The Morgan fingerprint density at radius 1 is 0.958 bits per heavy atom. The lowest BCUT2D eigenvalue weighted by Crippen LogP contribution is -2.23. The third-order valence-electron chi connectivity index (χ3n) is 3.48. The maximum Gasteiger partial charge on any atom is 0.303 e. The van der Waals surface area contributed by atoms with Crippen LogP contribution in [0.15, 0.2) is 48.6 Å². The first-order valence-electron chi connectivity index (χ1n) is 8.80. The summed E-state index contributed by atoms with van der Waals surface area (Å²) in [6.45, 7) is 2.20. The molecular weight excluding hydrogens is 304 g/mol. The maximum atomic E-state index is 10.4. The average Bonchev–Trinajstić information content (AvgIpc) is 2.55. The zero-order valence-electron chi connectivity index (χ0n) is 14.7. The van der Waals surface area contributed by atoms with Gasteiger partial charge in [0.2, 0.25) is 0 Å². The Hall–Kier alpha value is -1.65. The van der Waals surface area contributed by atoms with Crippen LogP contribution in [0.5, 0.6) is 0 Å². The lowest BCUT2D eigenvalue weighted by molar-refractivity contribution is -0.137. The Balaban J connectivity index is 3.81. The minimum Gasteiger partial charge on any atom is -0.481 e. The summed E-state index contributed by atoms with van der Waals surface area (Å²) in [4.78, 5) is 10.4. The number of allylic oxidation sites excluding steroid dienone is 7. The zero-order valence-corrected chi connectivity index (χ0v) is 14.7. The summed E-state index contributed by atoms with van der Waals surface area (Å²) in [5, 5.41) is 27.9. The van der Waals surface area contributed by atoms with Gasteiger partial charge in [0.25, 0.3) is 0 Å². The fraction of sp³-hybridized carbons (Fsp3) is 0.550. The minimum absolute atomic E-state index is 0.00520. The molecule has 136 valence electrons. The Labute approximate surface area is 145 Å². The van der Waals surface area contributed by atoms with E-state index >= 15 is 0 Å². The smallest absolute Gasteiger partial charge is 0.303 e. The number of carboxylic acids is 1. The first-order valence-corrected chi connectivity index (χ1v) is 8.80. The lowest BCUT2D eigenvalue weighted by Gasteiger charge is -2.13. The van der Waals surface area contributed by atoms with Gasteiger partial charge in [0.05, 0.1) is 12.2 Å². The van der Waals surface area contributed by atoms with Crippen molar-refractivity contribution < 1.29 is 20.1 Å². The van der Waals surface area contributed by atoms with Crippen LogP contribution in [0.1, 0.15) is 58.3 Å². The fourth-order valence-electron chi connectivity index (χ4n) is 2.03. The van der Waals surface area contributed by atoms with E-state index < -0.39 is 18.2 Å². The lowest BCUT2D eigenvalue weighted by atomic mass is 10.1. The molecule has 0 saturated carbocycles. The number of aliphatic hydroxyl groups excluding tert-OH is 2. The van der Waals surface area contributed by atoms with Crippen molar-refractivity contribution in [2.24, 2.45) is 0 Å². The molecule has 0 rings (SSSR count). The number of carboxylic acid groups (broad SMARTS) is 1. The number of aliphatic carboxylic acids is 1. The van der Waals surface area contributed by atoms with E-state index in [9.17, 15) is 15.0 Å². The second-order valence-corrected chi connectivity index (χ2v) is 5.74. The molecule has 0 aromatic heterocycles. The van der Waals surface area contributed by atoms with Crippen molar-refractivity contribution in [1.29, 1.82) is 0 Å². The second kappa shape index (κ2) is 16.2.